The molecule has 0 unspecified atom stereocenters. The van der Waals surface area contributed by atoms with E-state index in [2.05, 4.69) is 15.6 Å². The van der Waals surface area contributed by atoms with E-state index < -0.39 is 16.6 Å². The molecule has 0 fully saturated rings. The van der Waals surface area contributed by atoms with Crippen molar-refractivity contribution < 1.29 is 13.7 Å². The van der Waals surface area contributed by atoms with Crippen molar-refractivity contribution in [3.8, 4) is 0 Å². The van der Waals surface area contributed by atoms with Crippen LogP contribution in [0.4, 0.5) is 14.5 Å². The highest BCUT2D eigenvalue weighted by molar-refractivity contribution is 14.0. The predicted molar refractivity (Wildman–Crippen MR) is 102 cm³/mol. The quantitative estimate of drug-likeness (QED) is 0.235. The van der Waals surface area contributed by atoms with E-state index in [4.69, 9.17) is 0 Å². The van der Waals surface area contributed by atoms with E-state index in [0.717, 1.165) is 18.2 Å². The van der Waals surface area contributed by atoms with Crippen LogP contribution < -0.4 is 10.6 Å². The minimum atomic E-state index is -0.521. The molecule has 0 atom stereocenters. The molecule has 0 aliphatic heterocycles. The summed E-state index contributed by atoms with van der Waals surface area (Å²) in [6, 6.07) is 9.40. The van der Waals surface area contributed by atoms with E-state index in [9.17, 15) is 18.9 Å². The normalized spacial score (nSPS) is 10.8. The van der Waals surface area contributed by atoms with Crippen LogP contribution in [0.2, 0.25) is 0 Å². The first-order valence-electron chi connectivity index (χ1n) is 7.11. The summed E-state index contributed by atoms with van der Waals surface area (Å²) >= 11 is 0. The SMILES string of the molecule is CN=C(NCc1cccc([N+](=O)[O-])c1)NCc1cc(F)ccc1F.I. The van der Waals surface area contributed by atoms with Crippen LogP contribution in [0.15, 0.2) is 47.5 Å². The fraction of sp³-hybridized carbons (Fsp3) is 0.188. The Morgan fingerprint density at radius 3 is 2.56 bits per heavy atom. The number of guanidine groups is 1. The first kappa shape index (κ1) is 20.7. The van der Waals surface area contributed by atoms with Gasteiger partial charge in [0.25, 0.3) is 5.69 Å². The summed E-state index contributed by atoms with van der Waals surface area (Å²) in [7, 11) is 1.53. The molecule has 2 aromatic carbocycles. The van der Waals surface area contributed by atoms with Crippen LogP contribution >= 0.6 is 24.0 Å². The molecule has 0 aliphatic rings. The predicted octanol–water partition coefficient (Wildman–Crippen LogP) is 3.36. The topological polar surface area (TPSA) is 79.6 Å². The molecule has 25 heavy (non-hydrogen) atoms. The zero-order valence-electron chi connectivity index (χ0n) is 13.3. The number of hydrogen-bond acceptors (Lipinski definition) is 3. The number of non-ortho nitro benzene ring substituents is 1. The Labute approximate surface area is 160 Å². The molecular weight excluding hydrogens is 445 g/mol. The van der Waals surface area contributed by atoms with Crippen LogP contribution in [0.25, 0.3) is 0 Å². The molecule has 2 N–H and O–H groups in total. The number of nitro groups is 1. The van der Waals surface area contributed by atoms with E-state index in [1.54, 1.807) is 12.1 Å². The maximum atomic E-state index is 13.6. The Morgan fingerprint density at radius 1 is 1.16 bits per heavy atom. The molecule has 0 aromatic heterocycles. The van der Waals surface area contributed by atoms with Crippen molar-refractivity contribution in [1.29, 1.82) is 0 Å². The number of nitrogens with zero attached hydrogens (tertiary/aromatic N) is 2. The lowest BCUT2D eigenvalue weighted by Crippen LogP contribution is -2.36. The molecule has 0 amide bonds. The third kappa shape index (κ3) is 6.25. The molecule has 134 valence electrons. The van der Waals surface area contributed by atoms with Gasteiger partial charge < -0.3 is 10.6 Å². The van der Waals surface area contributed by atoms with Crippen LogP contribution in [0.1, 0.15) is 11.1 Å². The standard InChI is InChI=1S/C16H16F2N4O2.HI/c1-19-16(21-10-12-8-13(17)5-6-15(12)18)20-9-11-3-2-4-14(7-11)22(23)24;/h2-8H,9-10H2,1H3,(H2,19,20,21);1H. The summed E-state index contributed by atoms with van der Waals surface area (Å²) in [5, 5.41) is 16.6. The van der Waals surface area contributed by atoms with Crippen molar-refractivity contribution in [2.24, 2.45) is 4.99 Å². The summed E-state index contributed by atoms with van der Waals surface area (Å²) in [5.41, 5.74) is 0.872. The van der Waals surface area contributed by atoms with Gasteiger partial charge in [0.1, 0.15) is 11.6 Å². The van der Waals surface area contributed by atoms with Gasteiger partial charge in [-0.3, -0.25) is 15.1 Å². The molecule has 0 bridgehead atoms. The fourth-order valence-corrected chi connectivity index (χ4v) is 2.04. The van der Waals surface area contributed by atoms with Crippen LogP contribution in [0, 0.1) is 21.7 Å². The number of hydrogen-bond donors (Lipinski definition) is 2. The lowest BCUT2D eigenvalue weighted by molar-refractivity contribution is -0.384. The van der Waals surface area contributed by atoms with Crippen molar-refractivity contribution in [1.82, 2.24) is 10.6 Å². The third-order valence-electron chi connectivity index (χ3n) is 3.26. The lowest BCUT2D eigenvalue weighted by atomic mass is 10.2. The molecule has 6 nitrogen and oxygen atoms in total. The number of aliphatic imine (C=N–C) groups is 1. The van der Waals surface area contributed by atoms with Gasteiger partial charge in [0.2, 0.25) is 0 Å². The van der Waals surface area contributed by atoms with Gasteiger partial charge in [0, 0.05) is 37.8 Å². The average molecular weight is 462 g/mol. The fourth-order valence-electron chi connectivity index (χ4n) is 2.04. The highest BCUT2D eigenvalue weighted by atomic mass is 127. The molecule has 9 heteroatoms. The minimum Gasteiger partial charge on any atom is -0.352 e. The van der Waals surface area contributed by atoms with Crippen LogP contribution in [-0.2, 0) is 13.1 Å². The summed E-state index contributed by atoms with van der Waals surface area (Å²) in [6.45, 7) is 0.352. The molecule has 2 aromatic rings. The van der Waals surface area contributed by atoms with Crippen LogP contribution in [0.5, 0.6) is 0 Å². The largest absolute Gasteiger partial charge is 0.352 e. The van der Waals surface area contributed by atoms with E-state index in [1.807, 2.05) is 0 Å². The molecule has 0 saturated carbocycles. The minimum absolute atomic E-state index is 0. The number of benzene rings is 2. The second-order valence-corrected chi connectivity index (χ2v) is 4.94. The first-order valence-corrected chi connectivity index (χ1v) is 7.11. The summed E-state index contributed by atoms with van der Waals surface area (Å²) in [5.74, 6) is -0.670. The lowest BCUT2D eigenvalue weighted by Gasteiger charge is -2.12. The number of halogens is 3. The number of rotatable bonds is 5. The third-order valence-corrected chi connectivity index (χ3v) is 3.26. The van der Waals surface area contributed by atoms with Crippen molar-refractivity contribution >= 4 is 35.6 Å². The van der Waals surface area contributed by atoms with E-state index in [-0.39, 0.29) is 41.8 Å². The highest BCUT2D eigenvalue weighted by Crippen LogP contribution is 2.13. The van der Waals surface area contributed by atoms with Gasteiger partial charge >= 0.3 is 0 Å². The van der Waals surface area contributed by atoms with Gasteiger partial charge in [-0.2, -0.15) is 0 Å². The van der Waals surface area contributed by atoms with Gasteiger partial charge in [-0.1, -0.05) is 12.1 Å². The van der Waals surface area contributed by atoms with Crippen molar-refractivity contribution in [3.05, 3.63) is 75.3 Å². The second-order valence-electron chi connectivity index (χ2n) is 4.94. The van der Waals surface area contributed by atoms with E-state index in [0.29, 0.717) is 18.1 Å². The molecule has 0 heterocycles. The van der Waals surface area contributed by atoms with Gasteiger partial charge in [0.15, 0.2) is 5.96 Å². The van der Waals surface area contributed by atoms with E-state index in [1.165, 1.54) is 19.2 Å². The first-order chi connectivity index (χ1) is 11.5. The molecule has 0 radical (unpaired) electrons. The zero-order chi connectivity index (χ0) is 17.5. The van der Waals surface area contributed by atoms with Gasteiger partial charge in [-0.15, -0.1) is 24.0 Å². The second kappa shape index (κ2) is 9.87. The molecule has 2 rings (SSSR count). The summed E-state index contributed by atoms with van der Waals surface area (Å²) in [4.78, 5) is 14.3. The Balaban J connectivity index is 0.00000312. The number of nitrogens with one attached hydrogen (secondary N) is 2. The Bertz CT molecular complexity index is 772. The Hall–Kier alpha value is -2.30. The molecule has 0 saturated heterocycles. The Morgan fingerprint density at radius 2 is 1.88 bits per heavy atom. The summed E-state index contributed by atoms with van der Waals surface area (Å²) in [6.07, 6.45) is 0. The molecule has 0 aliphatic carbocycles. The Kier molecular flexibility index (Phi) is 8.19. The van der Waals surface area contributed by atoms with E-state index >= 15 is 0 Å². The summed E-state index contributed by atoms with van der Waals surface area (Å²) < 4.78 is 26.7. The average Bonchev–Trinajstić information content (AvgIpc) is 2.58. The smallest absolute Gasteiger partial charge is 0.269 e. The van der Waals surface area contributed by atoms with Gasteiger partial charge in [-0.25, -0.2) is 8.78 Å². The monoisotopic (exact) mass is 462 g/mol. The van der Waals surface area contributed by atoms with Crippen molar-refractivity contribution in [2.45, 2.75) is 13.1 Å². The maximum absolute atomic E-state index is 13.6. The van der Waals surface area contributed by atoms with Crippen LogP contribution in [0.3, 0.4) is 0 Å². The van der Waals surface area contributed by atoms with Crippen molar-refractivity contribution in [3.63, 3.8) is 0 Å². The molecule has 0 spiro atoms. The van der Waals surface area contributed by atoms with Crippen molar-refractivity contribution in [2.75, 3.05) is 7.05 Å². The van der Waals surface area contributed by atoms with Gasteiger partial charge in [0.05, 0.1) is 4.92 Å². The number of nitro benzene ring substituents is 1. The molecular formula is C16H17F2IN4O2. The van der Waals surface area contributed by atoms with Gasteiger partial charge in [-0.05, 0) is 23.8 Å². The maximum Gasteiger partial charge on any atom is 0.269 e. The van der Waals surface area contributed by atoms with Crippen LogP contribution in [-0.4, -0.2) is 17.9 Å². The highest BCUT2D eigenvalue weighted by Gasteiger charge is 2.07. The zero-order valence-corrected chi connectivity index (χ0v) is 15.7.